The number of halogens is 1. The number of para-hydroxylation sites is 1. The Morgan fingerprint density at radius 2 is 2.00 bits per heavy atom. The van der Waals surface area contributed by atoms with Gasteiger partial charge in [0.05, 0.1) is 10.4 Å². The van der Waals surface area contributed by atoms with Crippen molar-refractivity contribution in [2.45, 2.75) is 13.0 Å². The fraction of sp³-hybridized carbons (Fsp3) is 0.154. The number of nitrogens with two attached hydrogens (primary N) is 1. The summed E-state index contributed by atoms with van der Waals surface area (Å²) in [6.45, 7) is 1.99. The fourth-order valence-electron chi connectivity index (χ4n) is 1.57. The molecule has 0 saturated heterocycles. The highest BCUT2D eigenvalue weighted by Crippen LogP contribution is 2.28. The van der Waals surface area contributed by atoms with Gasteiger partial charge in [-0.3, -0.25) is 5.43 Å². The highest BCUT2D eigenvalue weighted by atomic mass is 35.5. The second kappa shape index (κ2) is 6.56. The molecule has 1 atom stereocenters. The summed E-state index contributed by atoms with van der Waals surface area (Å²) in [6, 6.07) is 13.6. The molecule has 0 aliphatic rings. The number of rotatable bonds is 3. The summed E-state index contributed by atoms with van der Waals surface area (Å²) in [4.78, 5) is 5.59. The van der Waals surface area contributed by atoms with Crippen LogP contribution in [0.3, 0.4) is 0 Å². The molecule has 4 nitrogen and oxygen atoms in total. The molecule has 0 aliphatic carbocycles. The molecule has 0 fully saturated rings. The van der Waals surface area contributed by atoms with Crippen molar-refractivity contribution in [2.24, 2.45) is 10.8 Å². The first kappa shape index (κ1) is 13.9. The molecule has 0 amide bonds. The summed E-state index contributed by atoms with van der Waals surface area (Å²) in [6.07, 6.45) is 0. The Bertz CT molecular complexity index is 553. The SMILES string of the molecule is CC(N=C(NN)Nc1ccccc1)c1ccc(Cl)s1. The molecule has 6 heteroatoms. The molecule has 0 radical (unpaired) electrons. The first-order valence-electron chi connectivity index (χ1n) is 5.81. The topological polar surface area (TPSA) is 62.4 Å². The maximum atomic E-state index is 5.92. The minimum absolute atomic E-state index is 0.0141. The van der Waals surface area contributed by atoms with Gasteiger partial charge in [-0.05, 0) is 31.2 Å². The number of hydrogen-bond acceptors (Lipinski definition) is 3. The van der Waals surface area contributed by atoms with Crippen molar-refractivity contribution in [1.82, 2.24) is 5.43 Å². The molecular weight excluding hydrogens is 280 g/mol. The Hall–Kier alpha value is -1.56. The van der Waals surface area contributed by atoms with Gasteiger partial charge in [-0.25, -0.2) is 10.8 Å². The van der Waals surface area contributed by atoms with Crippen molar-refractivity contribution in [3.8, 4) is 0 Å². The predicted molar refractivity (Wildman–Crippen MR) is 82.6 cm³/mol. The van der Waals surface area contributed by atoms with E-state index in [9.17, 15) is 0 Å². The van der Waals surface area contributed by atoms with E-state index >= 15 is 0 Å². The van der Waals surface area contributed by atoms with Crippen molar-refractivity contribution in [3.05, 3.63) is 51.7 Å². The van der Waals surface area contributed by atoms with E-state index in [1.165, 1.54) is 11.3 Å². The molecule has 0 saturated carbocycles. The molecular formula is C13H15ClN4S. The maximum absolute atomic E-state index is 5.92. The average Bonchev–Trinajstić information content (AvgIpc) is 2.86. The van der Waals surface area contributed by atoms with Crippen molar-refractivity contribution >= 4 is 34.6 Å². The maximum Gasteiger partial charge on any atom is 0.210 e. The molecule has 0 bridgehead atoms. The second-order valence-corrected chi connectivity index (χ2v) is 5.68. The predicted octanol–water partition coefficient (Wildman–Crippen LogP) is 3.39. The average molecular weight is 295 g/mol. The zero-order valence-electron chi connectivity index (χ0n) is 10.4. The summed E-state index contributed by atoms with van der Waals surface area (Å²) >= 11 is 7.44. The smallest absolute Gasteiger partial charge is 0.210 e. The van der Waals surface area contributed by atoms with E-state index in [4.69, 9.17) is 17.4 Å². The summed E-state index contributed by atoms with van der Waals surface area (Å²) < 4.78 is 0.760. The lowest BCUT2D eigenvalue weighted by Crippen LogP contribution is -2.36. The van der Waals surface area contributed by atoms with Crippen LogP contribution in [-0.4, -0.2) is 5.96 Å². The van der Waals surface area contributed by atoms with Crippen LogP contribution in [0.15, 0.2) is 47.5 Å². The quantitative estimate of drug-likeness (QED) is 0.352. The molecule has 2 aromatic rings. The third-order valence-corrected chi connectivity index (χ3v) is 3.90. The number of thiophene rings is 1. The molecule has 1 aromatic carbocycles. The normalized spacial score (nSPS) is 13.1. The Balaban J connectivity index is 2.10. The van der Waals surface area contributed by atoms with Crippen molar-refractivity contribution in [2.75, 3.05) is 5.32 Å². The fourth-order valence-corrected chi connectivity index (χ4v) is 2.62. The van der Waals surface area contributed by atoms with E-state index in [1.807, 2.05) is 49.4 Å². The van der Waals surface area contributed by atoms with Crippen LogP contribution in [0.2, 0.25) is 4.34 Å². The third kappa shape index (κ3) is 3.96. The van der Waals surface area contributed by atoms with Crippen molar-refractivity contribution < 1.29 is 0 Å². The van der Waals surface area contributed by atoms with Crippen LogP contribution in [0.5, 0.6) is 0 Å². The molecule has 1 aromatic heterocycles. The first-order chi connectivity index (χ1) is 9.19. The van der Waals surface area contributed by atoms with E-state index in [1.54, 1.807) is 0 Å². The minimum atomic E-state index is -0.0141. The molecule has 4 N–H and O–H groups in total. The van der Waals surface area contributed by atoms with Gasteiger partial charge in [-0.1, -0.05) is 29.8 Å². The Morgan fingerprint density at radius 3 is 2.58 bits per heavy atom. The largest absolute Gasteiger partial charge is 0.325 e. The van der Waals surface area contributed by atoms with Crippen LogP contribution < -0.4 is 16.6 Å². The van der Waals surface area contributed by atoms with E-state index in [2.05, 4.69) is 15.7 Å². The number of aliphatic imine (C=N–C) groups is 1. The molecule has 1 heterocycles. The van der Waals surface area contributed by atoms with Crippen molar-refractivity contribution in [3.63, 3.8) is 0 Å². The van der Waals surface area contributed by atoms with E-state index in [-0.39, 0.29) is 6.04 Å². The van der Waals surface area contributed by atoms with Gasteiger partial charge in [0, 0.05) is 10.6 Å². The molecule has 100 valence electrons. The van der Waals surface area contributed by atoms with Gasteiger partial charge in [-0.15, -0.1) is 11.3 Å². The van der Waals surface area contributed by atoms with Crippen LogP contribution in [0.4, 0.5) is 5.69 Å². The Labute approximate surface area is 121 Å². The highest BCUT2D eigenvalue weighted by Gasteiger charge is 2.08. The molecule has 2 rings (SSSR count). The van der Waals surface area contributed by atoms with E-state index < -0.39 is 0 Å². The Morgan fingerprint density at radius 1 is 1.26 bits per heavy atom. The lowest BCUT2D eigenvalue weighted by Gasteiger charge is -2.11. The number of nitrogens with zero attached hydrogens (tertiary/aromatic N) is 1. The number of benzene rings is 1. The van der Waals surface area contributed by atoms with Crippen molar-refractivity contribution in [1.29, 1.82) is 0 Å². The number of hydrazine groups is 1. The summed E-state index contributed by atoms with van der Waals surface area (Å²) in [5.74, 6) is 6.00. The Kier molecular flexibility index (Phi) is 4.79. The molecule has 1 unspecified atom stereocenters. The minimum Gasteiger partial charge on any atom is -0.325 e. The van der Waals surface area contributed by atoms with Crippen LogP contribution in [0.25, 0.3) is 0 Å². The van der Waals surface area contributed by atoms with E-state index in [0.717, 1.165) is 14.9 Å². The van der Waals surface area contributed by atoms with Crippen LogP contribution >= 0.6 is 22.9 Å². The number of nitrogens with one attached hydrogen (secondary N) is 2. The van der Waals surface area contributed by atoms with Crippen LogP contribution in [-0.2, 0) is 0 Å². The zero-order valence-corrected chi connectivity index (χ0v) is 12.0. The highest BCUT2D eigenvalue weighted by molar-refractivity contribution is 7.16. The number of anilines is 1. The standard InChI is InChI=1S/C13H15ClN4S/c1-9(11-7-8-12(14)19-11)16-13(18-15)17-10-5-3-2-4-6-10/h2-9H,15H2,1H3,(H2,16,17,18). The lowest BCUT2D eigenvalue weighted by molar-refractivity contribution is 0.821. The third-order valence-electron chi connectivity index (χ3n) is 2.50. The number of guanidine groups is 1. The van der Waals surface area contributed by atoms with Gasteiger partial charge in [-0.2, -0.15) is 0 Å². The monoisotopic (exact) mass is 294 g/mol. The van der Waals surface area contributed by atoms with Crippen LogP contribution in [0, 0.1) is 0 Å². The first-order valence-corrected chi connectivity index (χ1v) is 7.00. The summed E-state index contributed by atoms with van der Waals surface area (Å²) in [5.41, 5.74) is 3.50. The van der Waals surface area contributed by atoms with E-state index in [0.29, 0.717) is 5.96 Å². The number of hydrogen-bond donors (Lipinski definition) is 3. The van der Waals surface area contributed by atoms with Gasteiger partial charge in [0.15, 0.2) is 0 Å². The van der Waals surface area contributed by atoms with Gasteiger partial charge in [0.2, 0.25) is 5.96 Å². The summed E-state index contributed by atoms with van der Waals surface area (Å²) in [7, 11) is 0. The van der Waals surface area contributed by atoms with Gasteiger partial charge in [0.25, 0.3) is 0 Å². The van der Waals surface area contributed by atoms with Gasteiger partial charge in [0.1, 0.15) is 0 Å². The van der Waals surface area contributed by atoms with Gasteiger partial charge < -0.3 is 5.32 Å². The van der Waals surface area contributed by atoms with Crippen LogP contribution in [0.1, 0.15) is 17.8 Å². The second-order valence-electron chi connectivity index (χ2n) is 3.93. The zero-order chi connectivity index (χ0) is 13.7. The lowest BCUT2D eigenvalue weighted by atomic mass is 10.3. The summed E-state index contributed by atoms with van der Waals surface area (Å²) in [5, 5.41) is 3.12. The molecule has 19 heavy (non-hydrogen) atoms. The van der Waals surface area contributed by atoms with Gasteiger partial charge >= 0.3 is 0 Å². The molecule has 0 aliphatic heterocycles. The molecule has 0 spiro atoms.